The molecule has 0 aliphatic carbocycles. The molecular weight excluding hydrogens is 531 g/mol. The average molecular weight is 553 g/mol. The topological polar surface area (TPSA) is 125 Å². The fraction of sp³-hybridized carbons (Fsp3) is 0.185. The van der Waals surface area contributed by atoms with Gasteiger partial charge >= 0.3 is 0 Å². The molecule has 0 spiro atoms. The summed E-state index contributed by atoms with van der Waals surface area (Å²) in [5, 5.41) is 13.1. The Morgan fingerprint density at radius 3 is 2.66 bits per heavy atom. The zero-order chi connectivity index (χ0) is 27.7. The maximum absolute atomic E-state index is 14.4. The lowest BCUT2D eigenvalue weighted by atomic mass is 9.97. The molecule has 2 aromatic carbocycles. The maximum Gasteiger partial charge on any atom is 0.283 e. The van der Waals surface area contributed by atoms with Crippen molar-refractivity contribution in [2.24, 2.45) is 0 Å². The van der Waals surface area contributed by atoms with Crippen LogP contribution in [0.5, 0.6) is 0 Å². The van der Waals surface area contributed by atoms with Crippen LogP contribution in [-0.4, -0.2) is 21.4 Å². The highest BCUT2D eigenvalue weighted by atomic mass is 35.5. The fourth-order valence-corrected chi connectivity index (χ4v) is 4.69. The smallest absolute Gasteiger partial charge is 0.283 e. The number of carbonyl (C=O) groups is 1. The van der Waals surface area contributed by atoms with Gasteiger partial charge in [-0.3, -0.25) is 14.3 Å². The summed E-state index contributed by atoms with van der Waals surface area (Å²) < 4.78 is 34.4. The normalized spacial score (nSPS) is 12.6. The van der Waals surface area contributed by atoms with Crippen LogP contribution in [0.2, 0.25) is 5.15 Å². The third-order valence-electron chi connectivity index (χ3n) is 5.91. The molecule has 0 aliphatic heterocycles. The molecule has 1 amide bonds. The Bertz CT molecular complexity index is 1730. The summed E-state index contributed by atoms with van der Waals surface area (Å²) in [5.41, 5.74) is 1.73. The number of rotatable bonds is 6. The molecule has 38 heavy (non-hydrogen) atoms. The second-order valence-corrected chi connectivity index (χ2v) is 10.2. The first-order chi connectivity index (χ1) is 18.0. The van der Waals surface area contributed by atoms with Gasteiger partial charge in [0.25, 0.3) is 5.91 Å². The minimum atomic E-state index is -1.62. The van der Waals surface area contributed by atoms with E-state index in [4.69, 9.17) is 16.0 Å². The second kappa shape index (κ2) is 10.7. The van der Waals surface area contributed by atoms with Gasteiger partial charge < -0.3 is 9.73 Å². The van der Waals surface area contributed by atoms with E-state index in [-0.39, 0.29) is 44.3 Å². The molecule has 2 unspecified atom stereocenters. The average Bonchev–Trinajstić information content (AvgIpc) is 2.86. The van der Waals surface area contributed by atoms with Gasteiger partial charge in [-0.25, -0.2) is 13.6 Å². The van der Waals surface area contributed by atoms with Gasteiger partial charge in [0.15, 0.2) is 11.1 Å². The zero-order valence-electron chi connectivity index (χ0n) is 20.8. The van der Waals surface area contributed by atoms with Crippen LogP contribution in [0.4, 0.5) is 10.1 Å². The standard InChI is InChI=1S/C27H22ClFN4O4S/c1-13-10-17(15(3)31-21-8-9-22(28)32-23(21)27(35)33-38(4)36)26-18(11-13)24(34)14(2)25(37-26)16-6-5-7-20(29)19(16)12-30/h5-11,15,31H,1-4H3,(H,33,35). The Hall–Kier alpha value is -4.07. The van der Waals surface area contributed by atoms with Crippen molar-refractivity contribution >= 4 is 45.2 Å². The van der Waals surface area contributed by atoms with Crippen LogP contribution in [-0.2, 0) is 11.0 Å². The SMILES string of the molecule is Cc1cc(C(C)Nc2ccc(Cl)nc2C(=O)NS(C)=O)c2oc(-c3cccc(F)c3C#N)c(C)c(=O)c2c1. The van der Waals surface area contributed by atoms with Gasteiger partial charge in [0, 0.05) is 22.9 Å². The van der Waals surface area contributed by atoms with Gasteiger partial charge in [-0.2, -0.15) is 5.26 Å². The summed E-state index contributed by atoms with van der Waals surface area (Å²) in [6, 6.07) is 12.0. The van der Waals surface area contributed by atoms with Crippen LogP contribution in [0, 0.1) is 31.0 Å². The van der Waals surface area contributed by atoms with Crippen LogP contribution < -0.4 is 15.5 Å². The lowest BCUT2D eigenvalue weighted by molar-refractivity contribution is 0.0979. The first-order valence-corrected chi connectivity index (χ1v) is 13.3. The number of fused-ring (bicyclic) bond motifs is 1. The number of amides is 1. The van der Waals surface area contributed by atoms with Gasteiger partial charge in [0.1, 0.15) is 39.4 Å². The number of nitrogens with one attached hydrogen (secondary N) is 2. The van der Waals surface area contributed by atoms with Crippen molar-refractivity contribution in [2.45, 2.75) is 26.8 Å². The van der Waals surface area contributed by atoms with E-state index < -0.39 is 28.8 Å². The molecule has 0 radical (unpaired) electrons. The summed E-state index contributed by atoms with van der Waals surface area (Å²) in [7, 11) is -1.62. The number of halogens is 2. The van der Waals surface area contributed by atoms with Crippen LogP contribution >= 0.6 is 11.6 Å². The Morgan fingerprint density at radius 2 is 1.97 bits per heavy atom. The number of aromatic nitrogens is 1. The van der Waals surface area contributed by atoms with Gasteiger partial charge in [-0.1, -0.05) is 23.7 Å². The third kappa shape index (κ3) is 5.16. The molecule has 194 valence electrons. The van der Waals surface area contributed by atoms with Crippen molar-refractivity contribution in [3.63, 3.8) is 0 Å². The largest absolute Gasteiger partial charge is 0.455 e. The summed E-state index contributed by atoms with van der Waals surface area (Å²) in [6.45, 7) is 5.20. The second-order valence-electron chi connectivity index (χ2n) is 8.67. The molecule has 4 rings (SSSR count). The monoisotopic (exact) mass is 552 g/mol. The third-order valence-corrected chi connectivity index (χ3v) is 6.60. The number of benzene rings is 2. The molecule has 2 N–H and O–H groups in total. The van der Waals surface area contributed by atoms with Crippen molar-refractivity contribution in [3.05, 3.63) is 91.6 Å². The number of aryl methyl sites for hydroxylation is 1. The molecule has 0 fully saturated rings. The molecule has 11 heteroatoms. The van der Waals surface area contributed by atoms with Crippen LogP contribution in [0.3, 0.4) is 0 Å². The van der Waals surface area contributed by atoms with Gasteiger partial charge in [0.2, 0.25) is 0 Å². The van der Waals surface area contributed by atoms with E-state index in [2.05, 4.69) is 15.0 Å². The summed E-state index contributed by atoms with van der Waals surface area (Å²) in [6.07, 6.45) is 1.31. The van der Waals surface area contributed by atoms with E-state index in [9.17, 15) is 23.5 Å². The minimum absolute atomic E-state index is 0.0621. The summed E-state index contributed by atoms with van der Waals surface area (Å²) in [5.74, 6) is -1.31. The van der Waals surface area contributed by atoms with Crippen LogP contribution in [0.1, 0.15) is 45.7 Å². The molecule has 2 atom stereocenters. The zero-order valence-corrected chi connectivity index (χ0v) is 22.4. The maximum atomic E-state index is 14.4. The number of pyridine rings is 1. The van der Waals surface area contributed by atoms with Crippen LogP contribution in [0.25, 0.3) is 22.3 Å². The Balaban J connectivity index is 1.89. The fourth-order valence-electron chi connectivity index (χ4n) is 4.19. The lowest BCUT2D eigenvalue weighted by Gasteiger charge is -2.20. The predicted molar refractivity (Wildman–Crippen MR) is 145 cm³/mol. The minimum Gasteiger partial charge on any atom is -0.455 e. The molecule has 0 saturated heterocycles. The van der Waals surface area contributed by atoms with Crippen molar-refractivity contribution in [1.82, 2.24) is 9.71 Å². The Morgan fingerprint density at radius 1 is 1.24 bits per heavy atom. The molecule has 0 saturated carbocycles. The molecule has 2 heterocycles. The van der Waals surface area contributed by atoms with Crippen LogP contribution in [0.15, 0.2) is 51.7 Å². The first kappa shape index (κ1) is 27.0. The number of carbonyl (C=O) groups excluding carboxylic acids is 1. The number of hydrogen-bond acceptors (Lipinski definition) is 7. The molecule has 4 aromatic rings. The van der Waals surface area contributed by atoms with E-state index in [1.54, 1.807) is 26.0 Å². The lowest BCUT2D eigenvalue weighted by Crippen LogP contribution is -2.27. The summed E-state index contributed by atoms with van der Waals surface area (Å²) in [4.78, 5) is 30.1. The number of nitrogens with zero attached hydrogens (tertiary/aromatic N) is 2. The molecule has 0 bridgehead atoms. The highest BCUT2D eigenvalue weighted by molar-refractivity contribution is 7.82. The summed E-state index contributed by atoms with van der Waals surface area (Å²) >= 11 is 6.00. The Labute approximate surface area is 225 Å². The van der Waals surface area contributed by atoms with Crippen molar-refractivity contribution < 1.29 is 17.8 Å². The number of nitriles is 1. The number of anilines is 1. The van der Waals surface area contributed by atoms with Gasteiger partial charge in [0.05, 0.1) is 22.7 Å². The van der Waals surface area contributed by atoms with Crippen molar-refractivity contribution in [3.8, 4) is 17.4 Å². The number of hydrogen-bond donors (Lipinski definition) is 2. The van der Waals surface area contributed by atoms with E-state index in [1.165, 1.54) is 30.5 Å². The molecule has 8 nitrogen and oxygen atoms in total. The van der Waals surface area contributed by atoms with E-state index in [1.807, 2.05) is 19.1 Å². The molecular formula is C27H22ClFN4O4S. The Kier molecular flexibility index (Phi) is 7.62. The van der Waals surface area contributed by atoms with Crippen molar-refractivity contribution in [2.75, 3.05) is 11.6 Å². The highest BCUT2D eigenvalue weighted by Gasteiger charge is 2.23. The molecule has 2 aromatic heterocycles. The first-order valence-electron chi connectivity index (χ1n) is 11.4. The van der Waals surface area contributed by atoms with Gasteiger partial charge in [-0.15, -0.1) is 0 Å². The van der Waals surface area contributed by atoms with Gasteiger partial charge in [-0.05, 0) is 56.7 Å². The van der Waals surface area contributed by atoms with E-state index >= 15 is 0 Å². The quantitative estimate of drug-likeness (QED) is 0.310. The predicted octanol–water partition coefficient (Wildman–Crippen LogP) is 5.33. The van der Waals surface area contributed by atoms with E-state index in [0.717, 1.165) is 5.56 Å². The van der Waals surface area contributed by atoms with E-state index in [0.29, 0.717) is 16.6 Å². The highest BCUT2D eigenvalue weighted by Crippen LogP contribution is 2.34. The molecule has 0 aliphatic rings. The van der Waals surface area contributed by atoms with Crippen molar-refractivity contribution in [1.29, 1.82) is 5.26 Å².